The Morgan fingerprint density at radius 3 is 2.89 bits per heavy atom. The molecular formula is C10H13N5O3S. The summed E-state index contributed by atoms with van der Waals surface area (Å²) in [6.07, 6.45) is 0.725. The van der Waals surface area contributed by atoms with Gasteiger partial charge in [0.1, 0.15) is 17.9 Å². The monoisotopic (exact) mass is 283 g/mol. The summed E-state index contributed by atoms with van der Waals surface area (Å²) in [7, 11) is 0. The highest BCUT2D eigenvalue weighted by Gasteiger charge is 2.42. The van der Waals surface area contributed by atoms with Crippen LogP contribution in [-0.2, 0) is 4.74 Å². The lowest BCUT2D eigenvalue weighted by Gasteiger charge is -2.16. The molecule has 1 saturated heterocycles. The normalized spacial score (nSPS) is 31.1. The highest BCUT2D eigenvalue weighted by molar-refractivity contribution is 7.81. The molecule has 1 aliphatic rings. The minimum absolute atomic E-state index is 0.275. The van der Waals surface area contributed by atoms with Crippen molar-refractivity contribution in [1.82, 2.24) is 19.5 Å². The topological polar surface area (TPSA) is 119 Å². The number of nitrogens with two attached hydrogens (primary N) is 1. The highest BCUT2D eigenvalue weighted by atomic mass is 32.1. The number of anilines is 1. The molecule has 1 aliphatic heterocycles. The molecule has 9 heteroatoms. The third-order valence-electron chi connectivity index (χ3n) is 3.18. The molecule has 2 unspecified atom stereocenters. The SMILES string of the molecule is Nc1ncnc2c1ncn2C1OC(CO)[C@H](O)[C@@H]1S. The van der Waals surface area contributed by atoms with E-state index in [2.05, 4.69) is 27.6 Å². The molecule has 1 fully saturated rings. The number of fused-ring (bicyclic) bond motifs is 1. The summed E-state index contributed by atoms with van der Waals surface area (Å²) >= 11 is 4.32. The molecule has 3 rings (SSSR count). The highest BCUT2D eigenvalue weighted by Crippen LogP contribution is 2.34. The molecule has 8 nitrogen and oxygen atoms in total. The van der Waals surface area contributed by atoms with E-state index in [0.29, 0.717) is 11.2 Å². The molecule has 2 aromatic rings. The Balaban J connectivity index is 2.04. The van der Waals surface area contributed by atoms with Gasteiger partial charge < -0.3 is 20.7 Å². The van der Waals surface area contributed by atoms with E-state index in [-0.39, 0.29) is 12.4 Å². The first-order valence-electron chi connectivity index (χ1n) is 5.69. The molecule has 0 amide bonds. The Hall–Kier alpha value is -1.42. The van der Waals surface area contributed by atoms with Crippen molar-refractivity contribution >= 4 is 29.6 Å². The van der Waals surface area contributed by atoms with Crippen molar-refractivity contribution in [3.05, 3.63) is 12.7 Å². The Labute approximate surface area is 113 Å². The first-order valence-corrected chi connectivity index (χ1v) is 6.20. The van der Waals surface area contributed by atoms with Crippen LogP contribution in [0.15, 0.2) is 12.7 Å². The van der Waals surface area contributed by atoms with E-state index in [4.69, 9.17) is 15.6 Å². The van der Waals surface area contributed by atoms with Crippen molar-refractivity contribution in [3.63, 3.8) is 0 Å². The maximum absolute atomic E-state index is 9.90. The molecular weight excluding hydrogens is 270 g/mol. The Morgan fingerprint density at radius 2 is 2.21 bits per heavy atom. The number of hydrogen-bond acceptors (Lipinski definition) is 8. The number of aromatic nitrogens is 4. The maximum atomic E-state index is 9.90. The smallest absolute Gasteiger partial charge is 0.167 e. The molecule has 0 radical (unpaired) electrons. The Morgan fingerprint density at radius 1 is 1.42 bits per heavy atom. The zero-order valence-corrected chi connectivity index (χ0v) is 10.7. The summed E-state index contributed by atoms with van der Waals surface area (Å²) in [5.74, 6) is 0.275. The molecule has 102 valence electrons. The first-order chi connectivity index (χ1) is 9.13. The van der Waals surface area contributed by atoms with E-state index >= 15 is 0 Å². The van der Waals surface area contributed by atoms with Crippen LogP contribution < -0.4 is 5.73 Å². The predicted molar refractivity (Wildman–Crippen MR) is 69.5 cm³/mol. The standard InChI is InChI=1S/C10H13N5O3S/c11-8-5-9(13-2-12-8)15(3-14-5)10-7(19)6(17)4(1-16)18-10/h2-4,6-7,10,16-17,19H,1H2,(H2,11,12,13)/t4?,6-,7-,10?/m0/s1. The number of ether oxygens (including phenoxy) is 1. The van der Waals surface area contributed by atoms with Crippen molar-refractivity contribution in [2.24, 2.45) is 0 Å². The summed E-state index contributed by atoms with van der Waals surface area (Å²) in [5, 5.41) is 18.5. The van der Waals surface area contributed by atoms with Crippen LogP contribution in [0.25, 0.3) is 11.2 Å². The summed E-state index contributed by atoms with van der Waals surface area (Å²) in [4.78, 5) is 12.1. The van der Waals surface area contributed by atoms with Crippen molar-refractivity contribution in [3.8, 4) is 0 Å². The summed E-state index contributed by atoms with van der Waals surface area (Å²) in [5.41, 5.74) is 6.68. The molecule has 3 heterocycles. The third-order valence-corrected chi connectivity index (χ3v) is 3.74. The first kappa shape index (κ1) is 12.6. The van der Waals surface area contributed by atoms with Crippen LogP contribution in [0.3, 0.4) is 0 Å². The summed E-state index contributed by atoms with van der Waals surface area (Å²) in [6.45, 7) is -0.279. The molecule has 0 saturated carbocycles. The van der Waals surface area contributed by atoms with Gasteiger partial charge in [-0.25, -0.2) is 15.0 Å². The van der Waals surface area contributed by atoms with Gasteiger partial charge in [-0.05, 0) is 0 Å². The lowest BCUT2D eigenvalue weighted by molar-refractivity contribution is -0.0430. The van der Waals surface area contributed by atoms with Gasteiger partial charge in [-0.2, -0.15) is 12.6 Å². The van der Waals surface area contributed by atoms with Gasteiger partial charge in [-0.15, -0.1) is 0 Å². The van der Waals surface area contributed by atoms with Gasteiger partial charge in [0.05, 0.1) is 24.3 Å². The molecule has 4 atom stereocenters. The van der Waals surface area contributed by atoms with Crippen molar-refractivity contribution in [1.29, 1.82) is 0 Å². The van der Waals surface area contributed by atoms with Crippen LogP contribution in [0.5, 0.6) is 0 Å². The van der Waals surface area contributed by atoms with Gasteiger partial charge in [0, 0.05) is 0 Å². The zero-order valence-electron chi connectivity index (χ0n) is 9.79. The number of hydrogen-bond donors (Lipinski definition) is 4. The van der Waals surface area contributed by atoms with Crippen LogP contribution in [0.1, 0.15) is 6.23 Å². The Bertz CT molecular complexity index is 606. The molecule has 2 aromatic heterocycles. The van der Waals surface area contributed by atoms with Crippen LogP contribution in [0.4, 0.5) is 5.82 Å². The van der Waals surface area contributed by atoms with Crippen LogP contribution in [0, 0.1) is 0 Å². The van der Waals surface area contributed by atoms with Gasteiger partial charge in [0.2, 0.25) is 0 Å². The fourth-order valence-corrected chi connectivity index (χ4v) is 2.57. The number of nitrogens with zero attached hydrogens (tertiary/aromatic N) is 4. The van der Waals surface area contributed by atoms with E-state index < -0.39 is 23.7 Å². The lowest BCUT2D eigenvalue weighted by atomic mass is 10.2. The average molecular weight is 283 g/mol. The molecule has 19 heavy (non-hydrogen) atoms. The number of rotatable bonds is 2. The second-order valence-corrected chi connectivity index (χ2v) is 4.91. The fraction of sp³-hybridized carbons (Fsp3) is 0.500. The molecule has 4 N–H and O–H groups in total. The average Bonchev–Trinajstić information content (AvgIpc) is 2.94. The van der Waals surface area contributed by atoms with E-state index in [9.17, 15) is 5.11 Å². The van der Waals surface area contributed by atoms with E-state index in [1.165, 1.54) is 12.7 Å². The number of aliphatic hydroxyl groups is 2. The number of aliphatic hydroxyl groups excluding tert-OH is 2. The Kier molecular flexibility index (Phi) is 3.05. The minimum Gasteiger partial charge on any atom is -0.394 e. The second-order valence-electron chi connectivity index (χ2n) is 4.31. The summed E-state index contributed by atoms with van der Waals surface area (Å²) < 4.78 is 7.20. The molecule has 0 aliphatic carbocycles. The zero-order chi connectivity index (χ0) is 13.6. The van der Waals surface area contributed by atoms with Gasteiger partial charge in [-0.3, -0.25) is 4.57 Å². The van der Waals surface area contributed by atoms with Gasteiger partial charge in [0.25, 0.3) is 0 Å². The van der Waals surface area contributed by atoms with Gasteiger partial charge >= 0.3 is 0 Å². The second kappa shape index (κ2) is 4.60. The molecule has 0 bridgehead atoms. The number of nitrogen functional groups attached to an aromatic ring is 1. The molecule has 0 aromatic carbocycles. The van der Waals surface area contributed by atoms with Gasteiger partial charge in [0.15, 0.2) is 17.7 Å². The van der Waals surface area contributed by atoms with Gasteiger partial charge in [-0.1, -0.05) is 0 Å². The maximum Gasteiger partial charge on any atom is 0.167 e. The summed E-state index contributed by atoms with van der Waals surface area (Å²) in [6, 6.07) is 0. The quantitative estimate of drug-likeness (QED) is 0.520. The number of thiol groups is 1. The van der Waals surface area contributed by atoms with E-state index in [1.54, 1.807) is 4.57 Å². The number of imidazole rings is 1. The predicted octanol–water partition coefficient (Wildman–Crippen LogP) is -1.04. The van der Waals surface area contributed by atoms with Crippen LogP contribution in [0.2, 0.25) is 0 Å². The van der Waals surface area contributed by atoms with E-state index in [0.717, 1.165) is 0 Å². The minimum atomic E-state index is -0.866. The van der Waals surface area contributed by atoms with E-state index in [1.807, 2.05) is 0 Å². The largest absolute Gasteiger partial charge is 0.394 e. The third kappa shape index (κ3) is 1.86. The fourth-order valence-electron chi connectivity index (χ4n) is 2.17. The van der Waals surface area contributed by atoms with Crippen molar-refractivity contribution in [2.45, 2.75) is 23.7 Å². The van der Waals surface area contributed by atoms with Crippen molar-refractivity contribution < 1.29 is 14.9 Å². The van der Waals surface area contributed by atoms with Crippen LogP contribution >= 0.6 is 12.6 Å². The van der Waals surface area contributed by atoms with Crippen molar-refractivity contribution in [2.75, 3.05) is 12.3 Å². The molecule has 0 spiro atoms. The van der Waals surface area contributed by atoms with Crippen LogP contribution in [-0.4, -0.2) is 53.8 Å². The lowest BCUT2D eigenvalue weighted by Crippen LogP contribution is -2.30.